The molecule has 1 heteroatoms. The first-order valence-corrected chi connectivity index (χ1v) is 11.2. The first-order chi connectivity index (χ1) is 11.8. The first-order valence-electron chi connectivity index (χ1n) is 11.2. The summed E-state index contributed by atoms with van der Waals surface area (Å²) in [5.41, 5.74) is 0. The molecule has 0 aromatic carbocycles. The number of hydrogen-bond acceptors (Lipinski definition) is 1. The van der Waals surface area contributed by atoms with Crippen LogP contribution in [0.2, 0.25) is 0 Å². The van der Waals surface area contributed by atoms with Crippen molar-refractivity contribution in [3.63, 3.8) is 0 Å². The van der Waals surface area contributed by atoms with Crippen molar-refractivity contribution < 1.29 is 0 Å². The van der Waals surface area contributed by atoms with Gasteiger partial charge in [-0.25, -0.2) is 0 Å². The van der Waals surface area contributed by atoms with Gasteiger partial charge in [-0.05, 0) is 43.4 Å². The van der Waals surface area contributed by atoms with Crippen molar-refractivity contribution in [2.45, 2.75) is 116 Å². The second kappa shape index (κ2) is 11.9. The van der Waals surface area contributed by atoms with Crippen LogP contribution >= 0.6 is 0 Å². The lowest BCUT2D eigenvalue weighted by atomic mass is 9.70. The van der Waals surface area contributed by atoms with E-state index in [4.69, 9.17) is 0 Å². The largest absolute Gasteiger partial charge is 0.198 e. The van der Waals surface area contributed by atoms with Gasteiger partial charge in [-0.3, -0.25) is 0 Å². The maximum atomic E-state index is 9.35. The van der Waals surface area contributed by atoms with Gasteiger partial charge in [0.1, 0.15) is 0 Å². The SMILES string of the molecule is CCCCCCC(C#N)CCCC1CCC(C2CCCCC2)CC1. The minimum absolute atomic E-state index is 0.334. The summed E-state index contributed by atoms with van der Waals surface area (Å²) >= 11 is 0. The van der Waals surface area contributed by atoms with Crippen LogP contribution < -0.4 is 0 Å². The Labute approximate surface area is 151 Å². The van der Waals surface area contributed by atoms with Crippen molar-refractivity contribution in [2.75, 3.05) is 0 Å². The molecule has 0 heterocycles. The molecule has 24 heavy (non-hydrogen) atoms. The molecule has 138 valence electrons. The Morgan fingerprint density at radius 3 is 2.12 bits per heavy atom. The highest BCUT2D eigenvalue weighted by atomic mass is 14.3. The summed E-state index contributed by atoms with van der Waals surface area (Å²) in [7, 11) is 0. The van der Waals surface area contributed by atoms with Crippen LogP contribution in [0.25, 0.3) is 0 Å². The molecule has 1 unspecified atom stereocenters. The van der Waals surface area contributed by atoms with Crippen LogP contribution in [0, 0.1) is 35.0 Å². The molecule has 2 fully saturated rings. The standard InChI is InChI=1S/C23H41N/c1-2-3-4-6-10-21(19-24)12-9-11-20-15-17-23(18-16-20)22-13-7-5-8-14-22/h20-23H,2-18H2,1H3. The number of hydrogen-bond donors (Lipinski definition) is 0. The van der Waals surface area contributed by atoms with Crippen molar-refractivity contribution in [3.05, 3.63) is 0 Å². The van der Waals surface area contributed by atoms with E-state index < -0.39 is 0 Å². The molecule has 0 spiro atoms. The van der Waals surface area contributed by atoms with E-state index in [-0.39, 0.29) is 0 Å². The fraction of sp³-hybridized carbons (Fsp3) is 0.957. The Bertz CT molecular complexity index is 342. The Balaban J connectivity index is 1.54. The van der Waals surface area contributed by atoms with E-state index in [1.807, 2.05) is 0 Å². The molecule has 2 rings (SSSR count). The van der Waals surface area contributed by atoms with Crippen LogP contribution in [-0.2, 0) is 0 Å². The topological polar surface area (TPSA) is 23.8 Å². The van der Waals surface area contributed by atoms with Crippen molar-refractivity contribution in [3.8, 4) is 6.07 Å². The lowest BCUT2D eigenvalue weighted by Gasteiger charge is -2.36. The van der Waals surface area contributed by atoms with E-state index in [0.29, 0.717) is 5.92 Å². The molecule has 0 amide bonds. The molecule has 1 atom stereocenters. The molecule has 0 bridgehead atoms. The fourth-order valence-corrected chi connectivity index (χ4v) is 5.30. The van der Waals surface area contributed by atoms with Gasteiger partial charge in [0, 0.05) is 5.92 Å². The predicted octanol–water partition coefficient (Wildman–Crippen LogP) is 7.65. The van der Waals surface area contributed by atoms with Crippen molar-refractivity contribution >= 4 is 0 Å². The number of nitriles is 1. The third-order valence-corrected chi connectivity index (χ3v) is 6.96. The summed E-state index contributed by atoms with van der Waals surface area (Å²) in [6, 6.07) is 2.57. The first kappa shape index (κ1) is 19.8. The van der Waals surface area contributed by atoms with Gasteiger partial charge >= 0.3 is 0 Å². The van der Waals surface area contributed by atoms with Gasteiger partial charge in [-0.1, -0.05) is 90.4 Å². The molecular formula is C23H41N. The fourth-order valence-electron chi connectivity index (χ4n) is 5.30. The molecule has 2 aliphatic rings. The van der Waals surface area contributed by atoms with Gasteiger partial charge in [0.2, 0.25) is 0 Å². The normalized spacial score (nSPS) is 26.8. The molecule has 2 aliphatic carbocycles. The van der Waals surface area contributed by atoms with E-state index in [9.17, 15) is 5.26 Å². The summed E-state index contributed by atoms with van der Waals surface area (Å²) < 4.78 is 0. The zero-order valence-corrected chi connectivity index (χ0v) is 16.3. The smallest absolute Gasteiger partial charge is 0.0655 e. The number of rotatable bonds is 10. The highest BCUT2D eigenvalue weighted by molar-refractivity contribution is 4.83. The highest BCUT2D eigenvalue weighted by Crippen LogP contribution is 2.41. The summed E-state index contributed by atoms with van der Waals surface area (Å²) in [4.78, 5) is 0. The van der Waals surface area contributed by atoms with E-state index in [2.05, 4.69) is 13.0 Å². The third-order valence-electron chi connectivity index (χ3n) is 6.96. The van der Waals surface area contributed by atoms with Gasteiger partial charge in [0.15, 0.2) is 0 Å². The molecule has 0 N–H and O–H groups in total. The minimum atomic E-state index is 0.334. The van der Waals surface area contributed by atoms with Crippen LogP contribution in [0.1, 0.15) is 116 Å². The molecule has 0 aromatic heterocycles. The van der Waals surface area contributed by atoms with Crippen molar-refractivity contribution in [1.29, 1.82) is 5.26 Å². The second-order valence-electron chi connectivity index (χ2n) is 8.79. The number of nitrogens with zero attached hydrogens (tertiary/aromatic N) is 1. The Morgan fingerprint density at radius 2 is 1.46 bits per heavy atom. The quantitative estimate of drug-likeness (QED) is 0.377. The Kier molecular flexibility index (Phi) is 9.86. The Morgan fingerprint density at radius 1 is 0.792 bits per heavy atom. The summed E-state index contributed by atoms with van der Waals surface area (Å²) in [6.45, 7) is 2.25. The molecule has 0 aromatic rings. The Hall–Kier alpha value is -0.510. The predicted molar refractivity (Wildman–Crippen MR) is 104 cm³/mol. The maximum Gasteiger partial charge on any atom is 0.0655 e. The van der Waals surface area contributed by atoms with Crippen LogP contribution in [0.15, 0.2) is 0 Å². The van der Waals surface area contributed by atoms with Gasteiger partial charge in [0.25, 0.3) is 0 Å². The van der Waals surface area contributed by atoms with Crippen LogP contribution in [0.4, 0.5) is 0 Å². The minimum Gasteiger partial charge on any atom is -0.198 e. The van der Waals surface area contributed by atoms with Crippen LogP contribution in [-0.4, -0.2) is 0 Å². The summed E-state index contributed by atoms with van der Waals surface area (Å²) in [5.74, 6) is 3.45. The average Bonchev–Trinajstić information content (AvgIpc) is 2.65. The van der Waals surface area contributed by atoms with Crippen molar-refractivity contribution in [2.24, 2.45) is 23.7 Å². The maximum absolute atomic E-state index is 9.35. The average molecular weight is 332 g/mol. The summed E-state index contributed by atoms with van der Waals surface area (Å²) in [6.07, 6.45) is 23.7. The molecular weight excluding hydrogens is 290 g/mol. The lowest BCUT2D eigenvalue weighted by molar-refractivity contribution is 0.162. The second-order valence-corrected chi connectivity index (χ2v) is 8.79. The highest BCUT2D eigenvalue weighted by Gasteiger charge is 2.28. The van der Waals surface area contributed by atoms with E-state index in [1.165, 1.54) is 96.3 Å². The van der Waals surface area contributed by atoms with Gasteiger partial charge in [-0.15, -0.1) is 0 Å². The van der Waals surface area contributed by atoms with E-state index in [1.54, 1.807) is 0 Å². The molecule has 2 saturated carbocycles. The zero-order valence-electron chi connectivity index (χ0n) is 16.3. The zero-order chi connectivity index (χ0) is 17.0. The third kappa shape index (κ3) is 7.16. The van der Waals surface area contributed by atoms with Gasteiger partial charge in [-0.2, -0.15) is 5.26 Å². The lowest BCUT2D eigenvalue weighted by Crippen LogP contribution is -2.23. The molecule has 0 radical (unpaired) electrons. The van der Waals surface area contributed by atoms with Crippen molar-refractivity contribution in [1.82, 2.24) is 0 Å². The molecule has 0 saturated heterocycles. The van der Waals surface area contributed by atoms with E-state index >= 15 is 0 Å². The molecule has 0 aliphatic heterocycles. The monoisotopic (exact) mass is 331 g/mol. The van der Waals surface area contributed by atoms with Gasteiger partial charge < -0.3 is 0 Å². The molecule has 1 nitrogen and oxygen atoms in total. The van der Waals surface area contributed by atoms with E-state index in [0.717, 1.165) is 30.6 Å². The summed E-state index contributed by atoms with van der Waals surface area (Å²) in [5, 5.41) is 9.35. The van der Waals surface area contributed by atoms with Gasteiger partial charge in [0.05, 0.1) is 6.07 Å². The van der Waals surface area contributed by atoms with Crippen LogP contribution in [0.5, 0.6) is 0 Å². The number of unbranched alkanes of at least 4 members (excludes halogenated alkanes) is 3. The van der Waals surface area contributed by atoms with Crippen LogP contribution in [0.3, 0.4) is 0 Å².